The van der Waals surface area contributed by atoms with Gasteiger partial charge in [0.1, 0.15) is 16.7 Å². The Morgan fingerprint density at radius 3 is 2.81 bits per heavy atom. The molecule has 7 heteroatoms. The van der Waals surface area contributed by atoms with Crippen molar-refractivity contribution < 1.29 is 9.31 Å². The van der Waals surface area contributed by atoms with Crippen molar-refractivity contribution in [1.82, 2.24) is 4.98 Å². The summed E-state index contributed by atoms with van der Waals surface area (Å²) in [5.41, 5.74) is -0.286. The van der Waals surface area contributed by atoms with E-state index >= 15 is 0 Å². The number of hydrogen-bond acceptors (Lipinski definition) is 3. The molecule has 0 aliphatic carbocycles. The molecular weight excluding hydrogens is 349 g/mol. The van der Waals surface area contributed by atoms with Crippen LogP contribution in [0.3, 0.4) is 0 Å². The maximum absolute atomic E-state index is 13.5. The molecule has 1 aromatic heterocycles. The van der Waals surface area contributed by atoms with Gasteiger partial charge in [-0.25, -0.2) is 9.37 Å². The van der Waals surface area contributed by atoms with E-state index in [0.717, 1.165) is 6.20 Å². The van der Waals surface area contributed by atoms with Crippen molar-refractivity contribution in [2.75, 3.05) is 0 Å². The molecule has 0 bridgehead atoms. The van der Waals surface area contributed by atoms with Crippen LogP contribution in [-0.4, -0.2) is 9.91 Å². The van der Waals surface area contributed by atoms with Gasteiger partial charge in [0.05, 0.1) is 4.92 Å². The molecule has 0 unspecified atom stereocenters. The van der Waals surface area contributed by atoms with E-state index in [4.69, 9.17) is 11.6 Å². The van der Waals surface area contributed by atoms with Gasteiger partial charge < -0.3 is 0 Å². The van der Waals surface area contributed by atoms with Crippen LogP contribution in [0.5, 0.6) is 0 Å². The van der Waals surface area contributed by atoms with Crippen molar-refractivity contribution in [3.05, 3.63) is 42.9 Å². The van der Waals surface area contributed by atoms with Gasteiger partial charge in [0.2, 0.25) is 0 Å². The monoisotopic (exact) mass is 352 g/mol. The maximum atomic E-state index is 13.5. The van der Waals surface area contributed by atoms with Gasteiger partial charge in [-0.3, -0.25) is 10.1 Å². The first kappa shape index (κ1) is 11.5. The second kappa shape index (κ2) is 4.10. The molecular formula is C9H3ClFIN2O2. The zero-order chi connectivity index (χ0) is 11.9. The van der Waals surface area contributed by atoms with Crippen LogP contribution >= 0.6 is 34.2 Å². The van der Waals surface area contributed by atoms with Gasteiger partial charge >= 0.3 is 5.69 Å². The maximum Gasteiger partial charge on any atom is 0.306 e. The van der Waals surface area contributed by atoms with Crippen LogP contribution in [0.2, 0.25) is 5.02 Å². The second-order valence-corrected chi connectivity index (χ2v) is 4.62. The van der Waals surface area contributed by atoms with Crippen molar-refractivity contribution in [2.45, 2.75) is 0 Å². The highest BCUT2D eigenvalue weighted by Gasteiger charge is 2.18. The van der Waals surface area contributed by atoms with Gasteiger partial charge in [0, 0.05) is 8.96 Å². The van der Waals surface area contributed by atoms with E-state index in [-0.39, 0.29) is 21.6 Å². The fourth-order valence-corrected chi connectivity index (χ4v) is 2.16. The summed E-state index contributed by atoms with van der Waals surface area (Å²) in [6, 6.07) is 2.85. The molecule has 82 valence electrons. The summed E-state index contributed by atoms with van der Waals surface area (Å²) < 4.78 is 14.1. The second-order valence-electron chi connectivity index (χ2n) is 3.00. The number of rotatable bonds is 1. The Morgan fingerprint density at radius 2 is 2.19 bits per heavy atom. The lowest BCUT2D eigenvalue weighted by atomic mass is 10.2. The van der Waals surface area contributed by atoms with E-state index in [1.165, 1.54) is 6.07 Å². The van der Waals surface area contributed by atoms with E-state index in [1.54, 1.807) is 6.07 Å². The summed E-state index contributed by atoms with van der Waals surface area (Å²) in [5, 5.41) is 10.8. The number of hydrogen-bond donors (Lipinski definition) is 0. The minimum atomic E-state index is -0.646. The first-order chi connectivity index (χ1) is 7.50. The largest absolute Gasteiger partial charge is 0.306 e. The number of fused-ring (bicyclic) bond motifs is 1. The average Bonchev–Trinajstić information content (AvgIpc) is 2.19. The molecule has 0 amide bonds. The van der Waals surface area contributed by atoms with Gasteiger partial charge in [0.25, 0.3) is 0 Å². The van der Waals surface area contributed by atoms with Crippen LogP contribution in [0.1, 0.15) is 0 Å². The van der Waals surface area contributed by atoms with E-state index < -0.39 is 10.7 Å². The molecule has 16 heavy (non-hydrogen) atoms. The molecule has 0 N–H and O–H groups in total. The van der Waals surface area contributed by atoms with E-state index in [0.29, 0.717) is 3.57 Å². The van der Waals surface area contributed by atoms with E-state index in [9.17, 15) is 14.5 Å². The molecule has 1 heterocycles. The van der Waals surface area contributed by atoms with Crippen LogP contribution in [-0.2, 0) is 0 Å². The minimum Gasteiger partial charge on any atom is -0.258 e. The Kier molecular flexibility index (Phi) is 2.94. The summed E-state index contributed by atoms with van der Waals surface area (Å²) in [4.78, 5) is 13.7. The van der Waals surface area contributed by atoms with Gasteiger partial charge in [-0.1, -0.05) is 11.6 Å². The third-order valence-corrected chi connectivity index (χ3v) is 3.02. The summed E-state index contributed by atoms with van der Waals surface area (Å²) in [7, 11) is 0. The Bertz CT molecular complexity index is 606. The fraction of sp³-hybridized carbons (Fsp3) is 0. The first-order valence-electron chi connectivity index (χ1n) is 4.08. The predicted molar refractivity (Wildman–Crippen MR) is 66.1 cm³/mol. The Morgan fingerprint density at radius 1 is 1.50 bits per heavy atom. The van der Waals surface area contributed by atoms with Crippen molar-refractivity contribution in [3.63, 3.8) is 0 Å². The summed E-state index contributed by atoms with van der Waals surface area (Å²) in [5.74, 6) is -0.543. The lowest BCUT2D eigenvalue weighted by molar-refractivity contribution is -0.384. The van der Waals surface area contributed by atoms with Crippen LogP contribution in [0.4, 0.5) is 10.1 Å². The first-order valence-corrected chi connectivity index (χ1v) is 5.54. The molecule has 2 rings (SSSR count). The number of nitrogens with zero attached hydrogens (tertiary/aromatic N) is 2. The molecule has 0 aliphatic heterocycles. The normalized spacial score (nSPS) is 10.7. The zero-order valence-electron chi connectivity index (χ0n) is 7.58. The van der Waals surface area contributed by atoms with Crippen molar-refractivity contribution in [3.8, 4) is 0 Å². The summed E-state index contributed by atoms with van der Waals surface area (Å²) in [6.45, 7) is 0. The molecule has 0 aliphatic rings. The molecule has 0 saturated carbocycles. The number of benzene rings is 1. The lowest BCUT2D eigenvalue weighted by Gasteiger charge is -2.02. The van der Waals surface area contributed by atoms with Crippen molar-refractivity contribution in [1.29, 1.82) is 0 Å². The zero-order valence-corrected chi connectivity index (χ0v) is 10.5. The Labute approximate surface area is 108 Å². The third kappa shape index (κ3) is 1.82. The average molecular weight is 352 g/mol. The molecule has 2 aromatic rings. The van der Waals surface area contributed by atoms with Crippen LogP contribution in [0.15, 0.2) is 18.3 Å². The highest BCUT2D eigenvalue weighted by atomic mass is 127. The van der Waals surface area contributed by atoms with Crippen molar-refractivity contribution >= 4 is 50.8 Å². The van der Waals surface area contributed by atoms with Crippen LogP contribution < -0.4 is 0 Å². The third-order valence-electron chi connectivity index (χ3n) is 2.00. The lowest BCUT2D eigenvalue weighted by Crippen LogP contribution is -1.94. The Balaban J connectivity index is 2.89. The Hall–Kier alpha value is -1.02. The minimum absolute atomic E-state index is 0.0380. The predicted octanol–water partition coefficient (Wildman–Crippen LogP) is 3.54. The van der Waals surface area contributed by atoms with Gasteiger partial charge in [-0.2, -0.15) is 0 Å². The molecule has 0 spiro atoms. The molecule has 0 atom stereocenters. The quantitative estimate of drug-likeness (QED) is 0.448. The van der Waals surface area contributed by atoms with Gasteiger partial charge in [0.15, 0.2) is 5.82 Å². The molecule has 0 radical (unpaired) electrons. The number of aromatic nitrogens is 1. The highest BCUT2D eigenvalue weighted by molar-refractivity contribution is 14.1. The summed E-state index contributed by atoms with van der Waals surface area (Å²) >= 11 is 7.73. The molecule has 1 aromatic carbocycles. The summed E-state index contributed by atoms with van der Waals surface area (Å²) in [6.07, 6.45) is 0.959. The SMILES string of the molecule is O=[N+]([O-])c1cnc2c(F)cc(I)cc2c1Cl. The highest BCUT2D eigenvalue weighted by Crippen LogP contribution is 2.32. The van der Waals surface area contributed by atoms with Crippen LogP contribution in [0, 0.1) is 19.5 Å². The standard InChI is InChI=1S/C9H3ClFIN2O2/c10-8-5-1-4(12)2-6(11)9(5)13-3-7(8)14(15)16/h1-3H. The van der Waals surface area contributed by atoms with E-state index in [1.807, 2.05) is 22.6 Å². The van der Waals surface area contributed by atoms with Gasteiger partial charge in [-0.05, 0) is 34.7 Å². The smallest absolute Gasteiger partial charge is 0.258 e. The number of nitro groups is 1. The van der Waals surface area contributed by atoms with E-state index in [2.05, 4.69) is 4.98 Å². The molecule has 0 saturated heterocycles. The van der Waals surface area contributed by atoms with Crippen LogP contribution in [0.25, 0.3) is 10.9 Å². The topological polar surface area (TPSA) is 56.0 Å². The fourth-order valence-electron chi connectivity index (χ4n) is 1.31. The molecule has 4 nitrogen and oxygen atoms in total. The van der Waals surface area contributed by atoms with Gasteiger partial charge in [-0.15, -0.1) is 0 Å². The van der Waals surface area contributed by atoms with Crippen molar-refractivity contribution in [2.24, 2.45) is 0 Å². The number of pyridine rings is 1. The molecule has 0 fully saturated rings. The number of halogens is 3.